The standard InChI is InChI=1S/C20H14N10/c1-11-9-30(10-25-11)17-8-22-6-16-19(17)27-20(26-16)18-12-4-13(15-5-21-2-3-23-15)24-7-14(12)28-29-18/h2-10H,1H3,(H,26,27)(H,28,29). The van der Waals surface area contributed by atoms with E-state index in [0.29, 0.717) is 22.9 Å². The van der Waals surface area contributed by atoms with E-state index >= 15 is 0 Å². The molecule has 0 bridgehead atoms. The number of aromatic amines is 2. The first-order valence-corrected chi connectivity index (χ1v) is 9.22. The van der Waals surface area contributed by atoms with Gasteiger partial charge in [0, 0.05) is 24.0 Å². The molecule has 6 rings (SSSR count). The molecule has 6 aromatic rings. The Kier molecular flexibility index (Phi) is 3.45. The summed E-state index contributed by atoms with van der Waals surface area (Å²) in [6, 6.07) is 1.93. The van der Waals surface area contributed by atoms with Crippen LogP contribution in [0.1, 0.15) is 5.69 Å². The molecule has 0 unspecified atom stereocenters. The van der Waals surface area contributed by atoms with Gasteiger partial charge in [0.25, 0.3) is 0 Å². The minimum atomic E-state index is 0.638. The molecule has 0 atom stereocenters. The van der Waals surface area contributed by atoms with Crippen molar-refractivity contribution in [2.45, 2.75) is 6.92 Å². The zero-order valence-corrected chi connectivity index (χ0v) is 15.8. The molecule has 0 spiro atoms. The number of fused-ring (bicyclic) bond motifs is 2. The van der Waals surface area contributed by atoms with E-state index in [1.807, 2.05) is 23.8 Å². The lowest BCUT2D eigenvalue weighted by atomic mass is 10.2. The molecule has 6 aromatic heterocycles. The largest absolute Gasteiger partial charge is 0.335 e. The van der Waals surface area contributed by atoms with Crippen molar-refractivity contribution in [2.75, 3.05) is 0 Å². The molecule has 2 N–H and O–H groups in total. The average molecular weight is 394 g/mol. The number of hydrogen-bond acceptors (Lipinski definition) is 7. The van der Waals surface area contributed by atoms with Crippen LogP contribution in [0, 0.1) is 6.92 Å². The number of nitrogens with one attached hydrogen (secondary N) is 2. The maximum atomic E-state index is 4.82. The van der Waals surface area contributed by atoms with Gasteiger partial charge in [0.1, 0.15) is 16.9 Å². The minimum Gasteiger partial charge on any atom is -0.335 e. The summed E-state index contributed by atoms with van der Waals surface area (Å²) in [6.45, 7) is 1.94. The monoisotopic (exact) mass is 394 g/mol. The molecule has 0 aliphatic rings. The highest BCUT2D eigenvalue weighted by Crippen LogP contribution is 2.29. The Morgan fingerprint density at radius 1 is 0.900 bits per heavy atom. The fourth-order valence-electron chi connectivity index (χ4n) is 3.44. The summed E-state index contributed by atoms with van der Waals surface area (Å²) >= 11 is 0. The highest BCUT2D eigenvalue weighted by Gasteiger charge is 2.16. The zero-order chi connectivity index (χ0) is 20.1. The lowest BCUT2D eigenvalue weighted by Gasteiger charge is -2.01. The van der Waals surface area contributed by atoms with Gasteiger partial charge >= 0.3 is 0 Å². The highest BCUT2D eigenvalue weighted by atomic mass is 15.1. The number of aryl methyl sites for hydroxylation is 1. The Labute approximate surface area is 169 Å². The molecule has 6 heterocycles. The summed E-state index contributed by atoms with van der Waals surface area (Å²) in [7, 11) is 0. The maximum absolute atomic E-state index is 4.82. The van der Waals surface area contributed by atoms with Crippen LogP contribution in [-0.4, -0.2) is 49.7 Å². The lowest BCUT2D eigenvalue weighted by molar-refractivity contribution is 1.05. The average Bonchev–Trinajstić information content (AvgIpc) is 3.51. The third kappa shape index (κ3) is 2.54. The molecule has 0 fully saturated rings. The number of H-pyrrole nitrogens is 2. The van der Waals surface area contributed by atoms with Crippen molar-refractivity contribution in [2.24, 2.45) is 0 Å². The Hall–Kier alpha value is -4.47. The minimum absolute atomic E-state index is 0.638. The molecular formula is C20H14N10. The van der Waals surface area contributed by atoms with Crippen molar-refractivity contribution in [1.29, 1.82) is 0 Å². The topological polar surface area (TPSA) is 127 Å². The number of aromatic nitrogens is 10. The third-order valence-corrected chi connectivity index (χ3v) is 4.86. The van der Waals surface area contributed by atoms with Gasteiger partial charge in [0.2, 0.25) is 0 Å². The molecule has 10 nitrogen and oxygen atoms in total. The normalized spacial score (nSPS) is 11.5. The van der Waals surface area contributed by atoms with Crippen molar-refractivity contribution in [3.63, 3.8) is 0 Å². The second kappa shape index (κ2) is 6.27. The van der Waals surface area contributed by atoms with E-state index in [-0.39, 0.29) is 0 Å². The van der Waals surface area contributed by atoms with E-state index in [1.54, 1.807) is 43.5 Å². The number of imidazole rings is 2. The predicted octanol–water partition coefficient (Wildman–Crippen LogP) is 2.85. The number of nitrogens with zero attached hydrogens (tertiary/aromatic N) is 8. The van der Waals surface area contributed by atoms with Crippen LogP contribution >= 0.6 is 0 Å². The van der Waals surface area contributed by atoms with Gasteiger partial charge in [-0.1, -0.05) is 0 Å². The van der Waals surface area contributed by atoms with Gasteiger partial charge in [-0.15, -0.1) is 0 Å². The second-order valence-electron chi connectivity index (χ2n) is 6.84. The predicted molar refractivity (Wildman–Crippen MR) is 110 cm³/mol. The molecule has 10 heteroatoms. The Bertz CT molecular complexity index is 1510. The molecule has 0 saturated heterocycles. The van der Waals surface area contributed by atoms with E-state index in [9.17, 15) is 0 Å². The summed E-state index contributed by atoms with van der Waals surface area (Å²) in [5, 5.41) is 8.37. The first-order chi connectivity index (χ1) is 14.8. The number of rotatable bonds is 3. The van der Waals surface area contributed by atoms with E-state index in [2.05, 4.69) is 40.1 Å². The SMILES string of the molecule is Cc1cn(-c2cncc3[nH]c(-c4n[nH]c5cnc(-c6cnccn6)cc45)nc23)cn1. The number of pyridine rings is 2. The van der Waals surface area contributed by atoms with Gasteiger partial charge in [-0.25, -0.2) is 9.97 Å². The van der Waals surface area contributed by atoms with Crippen LogP contribution in [0.25, 0.3) is 50.5 Å². The molecule has 0 aliphatic heterocycles. The number of hydrogen-bond donors (Lipinski definition) is 2. The molecule has 0 aromatic carbocycles. The summed E-state index contributed by atoms with van der Waals surface area (Å²) in [5.41, 5.74) is 6.28. The molecule has 30 heavy (non-hydrogen) atoms. The van der Waals surface area contributed by atoms with E-state index in [0.717, 1.165) is 33.3 Å². The van der Waals surface area contributed by atoms with Gasteiger partial charge in [0.05, 0.1) is 59.2 Å². The van der Waals surface area contributed by atoms with Crippen molar-refractivity contribution in [3.05, 3.63) is 61.5 Å². The van der Waals surface area contributed by atoms with Crippen LogP contribution in [0.2, 0.25) is 0 Å². The molecule has 144 valence electrons. The van der Waals surface area contributed by atoms with Gasteiger partial charge in [-0.3, -0.25) is 25.0 Å². The molecular weight excluding hydrogens is 380 g/mol. The zero-order valence-electron chi connectivity index (χ0n) is 15.8. The van der Waals surface area contributed by atoms with Gasteiger partial charge < -0.3 is 9.55 Å². The first kappa shape index (κ1) is 16.5. The van der Waals surface area contributed by atoms with E-state index < -0.39 is 0 Å². The molecule has 0 amide bonds. The smallest absolute Gasteiger partial charge is 0.159 e. The van der Waals surface area contributed by atoms with Gasteiger partial charge in [0.15, 0.2) is 5.82 Å². The fraction of sp³-hybridized carbons (Fsp3) is 0.0500. The quantitative estimate of drug-likeness (QED) is 0.472. The van der Waals surface area contributed by atoms with Crippen LogP contribution in [0.15, 0.2) is 55.8 Å². The van der Waals surface area contributed by atoms with Crippen LogP contribution in [-0.2, 0) is 0 Å². The van der Waals surface area contributed by atoms with E-state index in [1.165, 1.54) is 0 Å². The van der Waals surface area contributed by atoms with Crippen LogP contribution in [0.3, 0.4) is 0 Å². The Morgan fingerprint density at radius 3 is 2.70 bits per heavy atom. The van der Waals surface area contributed by atoms with Crippen molar-refractivity contribution >= 4 is 21.9 Å². The summed E-state index contributed by atoms with van der Waals surface area (Å²) in [4.78, 5) is 29.7. The summed E-state index contributed by atoms with van der Waals surface area (Å²) in [5.74, 6) is 0.638. The summed E-state index contributed by atoms with van der Waals surface area (Å²) in [6.07, 6.45) is 13.9. The van der Waals surface area contributed by atoms with E-state index in [4.69, 9.17) is 4.98 Å². The highest BCUT2D eigenvalue weighted by molar-refractivity contribution is 5.95. The Balaban J connectivity index is 1.52. The van der Waals surface area contributed by atoms with Crippen molar-refractivity contribution in [1.82, 2.24) is 49.7 Å². The summed E-state index contributed by atoms with van der Waals surface area (Å²) < 4.78 is 1.91. The molecule has 0 radical (unpaired) electrons. The third-order valence-electron chi connectivity index (χ3n) is 4.86. The second-order valence-corrected chi connectivity index (χ2v) is 6.84. The first-order valence-electron chi connectivity index (χ1n) is 9.22. The molecule has 0 aliphatic carbocycles. The molecule has 0 saturated carbocycles. The van der Waals surface area contributed by atoms with Crippen LogP contribution < -0.4 is 0 Å². The van der Waals surface area contributed by atoms with Gasteiger partial charge in [-0.05, 0) is 13.0 Å². The maximum Gasteiger partial charge on any atom is 0.159 e. The van der Waals surface area contributed by atoms with Gasteiger partial charge in [-0.2, -0.15) is 5.10 Å². The van der Waals surface area contributed by atoms with Crippen LogP contribution in [0.4, 0.5) is 0 Å². The Morgan fingerprint density at radius 2 is 1.87 bits per heavy atom. The fourth-order valence-corrected chi connectivity index (χ4v) is 3.44. The van der Waals surface area contributed by atoms with Crippen molar-refractivity contribution < 1.29 is 0 Å². The lowest BCUT2D eigenvalue weighted by Crippen LogP contribution is -1.92. The van der Waals surface area contributed by atoms with Crippen LogP contribution in [0.5, 0.6) is 0 Å². The van der Waals surface area contributed by atoms with Crippen molar-refractivity contribution in [3.8, 4) is 28.6 Å².